The van der Waals surface area contributed by atoms with E-state index in [0.717, 1.165) is 12.1 Å². The van der Waals surface area contributed by atoms with Crippen molar-refractivity contribution in [2.24, 2.45) is 0 Å². The van der Waals surface area contributed by atoms with E-state index in [1.54, 1.807) is 19.0 Å². The number of alkyl halides is 3. The zero-order valence-corrected chi connectivity index (χ0v) is 10.8. The van der Waals surface area contributed by atoms with Gasteiger partial charge in [-0.1, -0.05) is 12.1 Å². The Kier molecular flexibility index (Phi) is 3.47. The summed E-state index contributed by atoms with van der Waals surface area (Å²) >= 11 is 0. The molecule has 0 amide bonds. The molecular weight excluding hydrogens is 271 g/mol. The van der Waals surface area contributed by atoms with Crippen LogP contribution in [0.25, 0.3) is 11.4 Å². The van der Waals surface area contributed by atoms with Crippen LogP contribution in [0.3, 0.4) is 0 Å². The molecule has 0 aliphatic carbocycles. The van der Waals surface area contributed by atoms with Crippen molar-refractivity contribution in [3.05, 3.63) is 29.8 Å². The fourth-order valence-electron chi connectivity index (χ4n) is 1.54. The first-order valence-corrected chi connectivity index (χ1v) is 5.64. The normalized spacial score (nSPS) is 11.4. The molecule has 0 aliphatic heterocycles. The third-order valence-corrected chi connectivity index (χ3v) is 2.49. The standard InChI is InChI=1S/C12H12F3N5/c1-20(2)11-18-9(17-10(16)19-11)7-4-3-5-8(6-7)12(13,14)15/h3-6H,1-2H3,(H2,16,17,18,19). The Bertz CT molecular complexity index is 625. The number of nitrogens with zero attached hydrogens (tertiary/aromatic N) is 4. The highest BCUT2D eigenvalue weighted by Gasteiger charge is 2.30. The van der Waals surface area contributed by atoms with Crippen molar-refractivity contribution in [2.45, 2.75) is 6.18 Å². The number of nitrogens with two attached hydrogens (primary N) is 1. The van der Waals surface area contributed by atoms with Crippen LogP contribution in [-0.4, -0.2) is 29.0 Å². The van der Waals surface area contributed by atoms with Crippen molar-refractivity contribution in [3.63, 3.8) is 0 Å². The molecule has 5 nitrogen and oxygen atoms in total. The second-order valence-corrected chi connectivity index (χ2v) is 4.29. The smallest absolute Gasteiger partial charge is 0.368 e. The van der Waals surface area contributed by atoms with Crippen molar-refractivity contribution >= 4 is 11.9 Å². The van der Waals surface area contributed by atoms with Gasteiger partial charge in [-0.3, -0.25) is 0 Å². The summed E-state index contributed by atoms with van der Waals surface area (Å²) in [5.41, 5.74) is 5.02. The predicted octanol–water partition coefficient (Wildman–Crippen LogP) is 2.21. The number of nitrogen functional groups attached to an aromatic ring is 1. The maximum Gasteiger partial charge on any atom is 0.416 e. The summed E-state index contributed by atoms with van der Waals surface area (Å²) in [4.78, 5) is 13.4. The molecule has 0 bridgehead atoms. The van der Waals surface area contributed by atoms with Crippen LogP contribution >= 0.6 is 0 Å². The highest BCUT2D eigenvalue weighted by atomic mass is 19.4. The minimum Gasteiger partial charge on any atom is -0.368 e. The Morgan fingerprint density at radius 2 is 1.80 bits per heavy atom. The molecule has 0 spiro atoms. The van der Waals surface area contributed by atoms with Crippen LogP contribution in [0, 0.1) is 0 Å². The lowest BCUT2D eigenvalue weighted by Gasteiger charge is -2.12. The van der Waals surface area contributed by atoms with Gasteiger partial charge in [0.25, 0.3) is 0 Å². The van der Waals surface area contributed by atoms with Crippen LogP contribution in [0.1, 0.15) is 5.56 Å². The second-order valence-electron chi connectivity index (χ2n) is 4.29. The first kappa shape index (κ1) is 14.0. The predicted molar refractivity (Wildman–Crippen MR) is 69.0 cm³/mol. The molecule has 2 rings (SSSR count). The average Bonchev–Trinajstić information content (AvgIpc) is 2.37. The molecule has 1 aromatic heterocycles. The van der Waals surface area contributed by atoms with E-state index in [-0.39, 0.29) is 23.3 Å². The molecule has 1 heterocycles. The minimum atomic E-state index is -4.42. The van der Waals surface area contributed by atoms with E-state index in [2.05, 4.69) is 15.0 Å². The Morgan fingerprint density at radius 1 is 1.10 bits per heavy atom. The molecule has 1 aromatic carbocycles. The van der Waals surface area contributed by atoms with Crippen LogP contribution in [0.5, 0.6) is 0 Å². The monoisotopic (exact) mass is 283 g/mol. The van der Waals surface area contributed by atoms with E-state index in [1.165, 1.54) is 12.1 Å². The van der Waals surface area contributed by atoms with Crippen molar-refractivity contribution in [2.75, 3.05) is 24.7 Å². The molecule has 2 aromatic rings. The zero-order valence-electron chi connectivity index (χ0n) is 10.8. The molecule has 2 N–H and O–H groups in total. The topological polar surface area (TPSA) is 67.9 Å². The minimum absolute atomic E-state index is 0.0453. The Morgan fingerprint density at radius 3 is 2.40 bits per heavy atom. The van der Waals surface area contributed by atoms with Crippen LogP contribution < -0.4 is 10.6 Å². The van der Waals surface area contributed by atoms with Crippen molar-refractivity contribution in [3.8, 4) is 11.4 Å². The lowest BCUT2D eigenvalue weighted by atomic mass is 10.1. The number of halogens is 3. The number of hydrogen-bond donors (Lipinski definition) is 1. The molecule has 0 atom stereocenters. The van der Waals surface area contributed by atoms with Gasteiger partial charge in [-0.2, -0.15) is 28.1 Å². The maximum atomic E-state index is 12.7. The molecule has 20 heavy (non-hydrogen) atoms. The molecule has 0 aliphatic rings. The zero-order chi connectivity index (χ0) is 14.9. The SMILES string of the molecule is CN(C)c1nc(N)nc(-c2cccc(C(F)(F)F)c2)n1. The summed E-state index contributed by atoms with van der Waals surface area (Å²) in [6, 6.07) is 4.76. The number of aromatic nitrogens is 3. The maximum absolute atomic E-state index is 12.7. The van der Waals surface area contributed by atoms with Crippen molar-refractivity contribution < 1.29 is 13.2 Å². The quantitative estimate of drug-likeness (QED) is 0.915. The van der Waals surface area contributed by atoms with Gasteiger partial charge in [-0.05, 0) is 12.1 Å². The van der Waals surface area contributed by atoms with Gasteiger partial charge in [0.1, 0.15) is 0 Å². The molecule has 0 radical (unpaired) electrons. The largest absolute Gasteiger partial charge is 0.416 e. The summed E-state index contributed by atoms with van der Waals surface area (Å²) in [6.07, 6.45) is -4.42. The first-order valence-electron chi connectivity index (χ1n) is 5.64. The summed E-state index contributed by atoms with van der Waals surface area (Å²) in [5, 5.41) is 0. The molecule has 0 unspecified atom stereocenters. The van der Waals surface area contributed by atoms with E-state index in [0.29, 0.717) is 0 Å². The van der Waals surface area contributed by atoms with Gasteiger partial charge in [-0.15, -0.1) is 0 Å². The molecule has 8 heteroatoms. The highest BCUT2D eigenvalue weighted by molar-refractivity contribution is 5.59. The van der Waals surface area contributed by atoms with Gasteiger partial charge >= 0.3 is 6.18 Å². The summed E-state index contributed by atoms with van der Waals surface area (Å²) < 4.78 is 38.1. The molecule has 0 fully saturated rings. The van der Waals surface area contributed by atoms with E-state index in [1.807, 2.05) is 0 Å². The first-order chi connectivity index (χ1) is 9.27. The molecule has 0 saturated heterocycles. The van der Waals surface area contributed by atoms with Gasteiger partial charge < -0.3 is 10.6 Å². The average molecular weight is 283 g/mol. The van der Waals surface area contributed by atoms with Crippen LogP contribution in [0.15, 0.2) is 24.3 Å². The summed E-state index contributed by atoms with van der Waals surface area (Å²) in [6.45, 7) is 0. The number of hydrogen-bond acceptors (Lipinski definition) is 5. The van der Waals surface area contributed by atoms with Crippen molar-refractivity contribution in [1.82, 2.24) is 15.0 Å². The number of benzene rings is 1. The van der Waals surface area contributed by atoms with E-state index in [4.69, 9.17) is 5.73 Å². The lowest BCUT2D eigenvalue weighted by Crippen LogP contribution is -2.15. The Hall–Kier alpha value is -2.38. The van der Waals surface area contributed by atoms with Gasteiger partial charge in [0.15, 0.2) is 5.82 Å². The lowest BCUT2D eigenvalue weighted by molar-refractivity contribution is -0.137. The van der Waals surface area contributed by atoms with Crippen molar-refractivity contribution in [1.29, 1.82) is 0 Å². The Labute approximate surface area is 113 Å². The summed E-state index contributed by atoms with van der Waals surface area (Å²) in [7, 11) is 3.40. The fourth-order valence-corrected chi connectivity index (χ4v) is 1.54. The molecule has 106 valence electrons. The van der Waals surface area contributed by atoms with E-state index >= 15 is 0 Å². The highest BCUT2D eigenvalue weighted by Crippen LogP contribution is 2.31. The number of rotatable bonds is 2. The van der Waals surface area contributed by atoms with Gasteiger partial charge in [0, 0.05) is 19.7 Å². The van der Waals surface area contributed by atoms with Crippen LogP contribution in [0.2, 0.25) is 0 Å². The number of anilines is 2. The van der Waals surface area contributed by atoms with Gasteiger partial charge in [0.05, 0.1) is 5.56 Å². The van der Waals surface area contributed by atoms with Crippen LogP contribution in [0.4, 0.5) is 25.1 Å². The Balaban J connectivity index is 2.51. The van der Waals surface area contributed by atoms with Gasteiger partial charge in [0.2, 0.25) is 11.9 Å². The summed E-state index contributed by atoms with van der Waals surface area (Å²) in [5.74, 6) is 0.341. The molecule has 0 saturated carbocycles. The molecular formula is C12H12F3N5. The fraction of sp³-hybridized carbons (Fsp3) is 0.250. The third kappa shape index (κ3) is 2.95. The van der Waals surface area contributed by atoms with Gasteiger partial charge in [-0.25, -0.2) is 0 Å². The third-order valence-electron chi connectivity index (χ3n) is 2.49. The van der Waals surface area contributed by atoms with E-state index < -0.39 is 11.7 Å². The van der Waals surface area contributed by atoms with Crippen LogP contribution in [-0.2, 0) is 6.18 Å². The van der Waals surface area contributed by atoms with E-state index in [9.17, 15) is 13.2 Å². The second kappa shape index (κ2) is 4.95.